The summed E-state index contributed by atoms with van der Waals surface area (Å²) in [5.74, 6) is 7.31. The molecule has 0 radical (unpaired) electrons. The molecule has 2 atom stereocenters. The summed E-state index contributed by atoms with van der Waals surface area (Å²) in [5.41, 5.74) is 2.52. The van der Waals surface area contributed by atoms with Gasteiger partial charge in [0.25, 0.3) is 0 Å². The second kappa shape index (κ2) is 11.4. The van der Waals surface area contributed by atoms with Crippen LogP contribution in [0.5, 0.6) is 0 Å². The van der Waals surface area contributed by atoms with Gasteiger partial charge in [-0.25, -0.2) is 0 Å². The van der Waals surface area contributed by atoms with Crippen molar-refractivity contribution in [1.29, 1.82) is 0 Å². The third kappa shape index (κ3) is 7.56. The van der Waals surface area contributed by atoms with Crippen LogP contribution in [0.25, 0.3) is 0 Å². The van der Waals surface area contributed by atoms with Crippen molar-refractivity contribution in [1.82, 2.24) is 0 Å². The molecule has 2 unspecified atom stereocenters. The van der Waals surface area contributed by atoms with Crippen LogP contribution < -0.4 is 0 Å². The number of aliphatic hydroxyl groups is 1. The lowest BCUT2D eigenvalue weighted by atomic mass is 9.83. The number of aliphatic hydroxyl groups excluding tert-OH is 1. The fourth-order valence-electron chi connectivity index (χ4n) is 1.95. The topological polar surface area (TPSA) is 20.2 Å². The minimum Gasteiger partial charge on any atom is -0.393 e. The predicted octanol–water partition coefficient (Wildman–Crippen LogP) is 4.81. The van der Waals surface area contributed by atoms with Gasteiger partial charge in [-0.2, -0.15) is 0 Å². The molecule has 1 N–H and O–H groups in total. The molecule has 0 aromatic rings. The Labute approximate surface area is 115 Å². The molecule has 0 aromatic heterocycles. The van der Waals surface area contributed by atoms with Gasteiger partial charge in [-0.1, -0.05) is 65.9 Å². The molecule has 0 saturated carbocycles. The van der Waals surface area contributed by atoms with Crippen LogP contribution in [-0.2, 0) is 0 Å². The molecular formula is C17H32O. The van der Waals surface area contributed by atoms with Crippen molar-refractivity contribution >= 4 is 0 Å². The summed E-state index contributed by atoms with van der Waals surface area (Å²) in [6, 6.07) is 0. The first-order valence-electron chi connectivity index (χ1n) is 7.40. The van der Waals surface area contributed by atoms with Gasteiger partial charge >= 0.3 is 0 Å². The van der Waals surface area contributed by atoms with Crippen LogP contribution in [0.3, 0.4) is 0 Å². The van der Waals surface area contributed by atoms with Gasteiger partial charge in [0.15, 0.2) is 0 Å². The number of hydrogen-bond acceptors (Lipinski definition) is 1. The van der Waals surface area contributed by atoms with Crippen LogP contribution in [0.15, 0.2) is 11.1 Å². The van der Waals surface area contributed by atoms with Crippen LogP contribution in [0.1, 0.15) is 68.2 Å². The van der Waals surface area contributed by atoms with E-state index in [9.17, 15) is 5.11 Å². The van der Waals surface area contributed by atoms with E-state index in [-0.39, 0.29) is 6.10 Å². The van der Waals surface area contributed by atoms with Gasteiger partial charge in [0.1, 0.15) is 0 Å². The first-order chi connectivity index (χ1) is 8.50. The molecular weight excluding hydrogens is 220 g/mol. The van der Waals surface area contributed by atoms with Crippen LogP contribution in [-0.4, -0.2) is 11.2 Å². The third-order valence-electron chi connectivity index (χ3n) is 2.62. The summed E-state index contributed by atoms with van der Waals surface area (Å²) in [4.78, 5) is 0. The van der Waals surface area contributed by atoms with Gasteiger partial charge in [0, 0.05) is 11.5 Å². The predicted molar refractivity (Wildman–Crippen MR) is 82.4 cm³/mol. The number of hydrogen-bond donors (Lipinski definition) is 1. The van der Waals surface area contributed by atoms with Crippen LogP contribution in [0.2, 0.25) is 0 Å². The second-order valence-corrected chi connectivity index (χ2v) is 4.61. The molecule has 0 fully saturated rings. The van der Waals surface area contributed by atoms with Crippen molar-refractivity contribution in [2.75, 3.05) is 0 Å². The lowest BCUT2D eigenvalue weighted by Gasteiger charge is -2.25. The molecule has 0 spiro atoms. The zero-order valence-electron chi connectivity index (χ0n) is 13.6. The molecule has 1 aliphatic rings. The highest BCUT2D eigenvalue weighted by atomic mass is 16.3. The fraction of sp³-hybridized carbons (Fsp3) is 0.765. The maximum Gasteiger partial charge on any atom is 0.0583 e. The molecule has 1 heteroatoms. The zero-order chi connectivity index (χ0) is 14.7. The van der Waals surface area contributed by atoms with E-state index in [2.05, 4.69) is 39.5 Å². The van der Waals surface area contributed by atoms with E-state index in [1.807, 2.05) is 27.7 Å². The number of rotatable bonds is 0. The average Bonchev–Trinajstić information content (AvgIpc) is 2.32. The third-order valence-corrected chi connectivity index (χ3v) is 2.62. The van der Waals surface area contributed by atoms with Crippen molar-refractivity contribution in [3.63, 3.8) is 0 Å². The Morgan fingerprint density at radius 1 is 1.17 bits per heavy atom. The highest BCUT2D eigenvalue weighted by Crippen LogP contribution is 2.29. The maximum atomic E-state index is 9.56. The van der Waals surface area contributed by atoms with Crippen LogP contribution >= 0.6 is 0 Å². The average molecular weight is 252 g/mol. The Hall–Kier alpha value is -0.740. The molecule has 1 aliphatic carbocycles. The molecule has 0 heterocycles. The minimum absolute atomic E-state index is 0.158. The Bertz CT molecular complexity index is 288. The van der Waals surface area contributed by atoms with Crippen LogP contribution in [0.4, 0.5) is 0 Å². The summed E-state index contributed by atoms with van der Waals surface area (Å²) in [7, 11) is 0. The van der Waals surface area contributed by atoms with E-state index in [1.54, 1.807) is 0 Å². The Morgan fingerprint density at radius 2 is 1.67 bits per heavy atom. The van der Waals surface area contributed by atoms with Crippen molar-refractivity contribution in [2.24, 2.45) is 11.8 Å². The van der Waals surface area contributed by atoms with Gasteiger partial charge in [-0.05, 0) is 25.7 Å². The van der Waals surface area contributed by atoms with Crippen molar-refractivity contribution in [3.8, 4) is 11.8 Å². The Morgan fingerprint density at radius 3 is 2.06 bits per heavy atom. The van der Waals surface area contributed by atoms with Crippen molar-refractivity contribution in [3.05, 3.63) is 11.1 Å². The van der Waals surface area contributed by atoms with Gasteiger partial charge in [0.2, 0.25) is 0 Å². The Kier molecular flexibility index (Phi) is 12.4. The molecule has 0 aliphatic heterocycles. The number of allylic oxidation sites excluding steroid dienone is 1. The highest BCUT2D eigenvalue weighted by Gasteiger charge is 2.21. The van der Waals surface area contributed by atoms with Gasteiger partial charge < -0.3 is 5.11 Å². The second-order valence-electron chi connectivity index (χ2n) is 4.61. The first kappa shape index (κ1) is 19.6. The Balaban J connectivity index is 0. The summed E-state index contributed by atoms with van der Waals surface area (Å²) in [6.07, 6.45) is 1.50. The van der Waals surface area contributed by atoms with E-state index in [0.717, 1.165) is 12.8 Å². The van der Waals surface area contributed by atoms with E-state index in [0.29, 0.717) is 11.8 Å². The lowest BCUT2D eigenvalue weighted by molar-refractivity contribution is 0.144. The van der Waals surface area contributed by atoms with Gasteiger partial charge in [-0.3, -0.25) is 0 Å². The van der Waals surface area contributed by atoms with E-state index in [1.165, 1.54) is 11.1 Å². The fourth-order valence-corrected chi connectivity index (χ4v) is 1.95. The zero-order valence-corrected chi connectivity index (χ0v) is 13.6. The summed E-state index contributed by atoms with van der Waals surface area (Å²) in [6.45, 7) is 16.4. The molecule has 0 saturated heterocycles. The summed E-state index contributed by atoms with van der Waals surface area (Å²) < 4.78 is 0. The van der Waals surface area contributed by atoms with Crippen molar-refractivity contribution < 1.29 is 5.11 Å². The van der Waals surface area contributed by atoms with Gasteiger partial charge in [-0.15, -0.1) is 0 Å². The maximum absolute atomic E-state index is 9.56. The normalized spacial score (nSPS) is 22.1. The molecule has 106 valence electrons. The molecule has 0 amide bonds. The standard InChI is InChI=1S/C13H20O.2C2H6/c1-9(2)5-6-13-10(3)7-12(14)8-11(13)4;2*1-2/h9-10,12,14H,7-8H2,1-4H3;2*1-2H3. The van der Waals surface area contributed by atoms with Gasteiger partial charge in [0.05, 0.1) is 6.10 Å². The molecule has 1 nitrogen and oxygen atoms in total. The molecule has 0 bridgehead atoms. The summed E-state index contributed by atoms with van der Waals surface area (Å²) >= 11 is 0. The monoisotopic (exact) mass is 252 g/mol. The highest BCUT2D eigenvalue weighted by molar-refractivity contribution is 5.37. The van der Waals surface area contributed by atoms with Crippen molar-refractivity contribution in [2.45, 2.75) is 74.3 Å². The van der Waals surface area contributed by atoms with E-state index >= 15 is 0 Å². The summed E-state index contributed by atoms with van der Waals surface area (Å²) in [5, 5.41) is 9.56. The van der Waals surface area contributed by atoms with E-state index < -0.39 is 0 Å². The molecule has 1 rings (SSSR count). The van der Waals surface area contributed by atoms with E-state index in [4.69, 9.17) is 0 Å². The molecule has 18 heavy (non-hydrogen) atoms. The SMILES string of the molecule is CC.CC.CC1=C(C#CC(C)C)C(C)CC(O)C1. The van der Waals surface area contributed by atoms with Crippen LogP contribution in [0, 0.1) is 23.7 Å². The quantitative estimate of drug-likeness (QED) is 0.614. The smallest absolute Gasteiger partial charge is 0.0583 e. The lowest BCUT2D eigenvalue weighted by Crippen LogP contribution is -2.19. The molecule has 0 aromatic carbocycles. The minimum atomic E-state index is -0.158. The largest absolute Gasteiger partial charge is 0.393 e. The first-order valence-corrected chi connectivity index (χ1v) is 7.40.